The van der Waals surface area contributed by atoms with Crippen molar-refractivity contribution < 1.29 is 14.3 Å². The summed E-state index contributed by atoms with van der Waals surface area (Å²) in [6.07, 6.45) is -0.778. The molecule has 2 rings (SSSR count). The Balaban J connectivity index is 2.44. The number of hydrogen-bond donors (Lipinski definition) is 2. The highest BCUT2D eigenvalue weighted by Crippen LogP contribution is 2.38. The van der Waals surface area contributed by atoms with Crippen molar-refractivity contribution in [1.82, 2.24) is 0 Å². The molecule has 21 heavy (non-hydrogen) atoms. The van der Waals surface area contributed by atoms with Gasteiger partial charge in [0.2, 0.25) is 0 Å². The van der Waals surface area contributed by atoms with E-state index >= 15 is 0 Å². The SMILES string of the molecule is COc1ccc(Cl)cc1C(CN)C(O)c1cc(C)oc1C. The highest BCUT2D eigenvalue weighted by molar-refractivity contribution is 6.30. The molecule has 2 atom stereocenters. The Hall–Kier alpha value is -1.49. The molecule has 1 aromatic heterocycles. The van der Waals surface area contributed by atoms with Crippen LogP contribution in [0.4, 0.5) is 0 Å². The summed E-state index contributed by atoms with van der Waals surface area (Å²) in [5.74, 6) is 1.79. The Labute approximate surface area is 129 Å². The van der Waals surface area contributed by atoms with Gasteiger partial charge in [0.1, 0.15) is 17.3 Å². The lowest BCUT2D eigenvalue weighted by Gasteiger charge is -2.23. The van der Waals surface area contributed by atoms with Gasteiger partial charge in [-0.05, 0) is 38.1 Å². The van der Waals surface area contributed by atoms with Crippen LogP contribution in [0.15, 0.2) is 28.7 Å². The summed E-state index contributed by atoms with van der Waals surface area (Å²) in [6, 6.07) is 7.14. The summed E-state index contributed by atoms with van der Waals surface area (Å²) in [5.41, 5.74) is 7.42. The van der Waals surface area contributed by atoms with Crippen LogP contribution in [0.5, 0.6) is 5.75 Å². The number of furan rings is 1. The third-order valence-corrected chi connectivity index (χ3v) is 3.86. The van der Waals surface area contributed by atoms with Crippen LogP contribution in [0.3, 0.4) is 0 Å². The number of methoxy groups -OCH3 is 1. The van der Waals surface area contributed by atoms with E-state index in [1.54, 1.807) is 25.3 Å². The average molecular weight is 310 g/mol. The first-order valence-corrected chi connectivity index (χ1v) is 7.14. The molecule has 3 N–H and O–H groups in total. The molecule has 0 bridgehead atoms. The number of aliphatic hydroxyl groups is 1. The maximum absolute atomic E-state index is 10.7. The largest absolute Gasteiger partial charge is 0.496 e. The third-order valence-electron chi connectivity index (χ3n) is 3.62. The van der Waals surface area contributed by atoms with Crippen molar-refractivity contribution >= 4 is 11.6 Å². The number of ether oxygens (including phenoxy) is 1. The van der Waals surface area contributed by atoms with Crippen LogP contribution < -0.4 is 10.5 Å². The third kappa shape index (κ3) is 3.23. The molecule has 2 aromatic rings. The van der Waals surface area contributed by atoms with E-state index in [0.29, 0.717) is 16.5 Å². The highest BCUT2D eigenvalue weighted by atomic mass is 35.5. The molecule has 114 valence electrons. The molecular weight excluding hydrogens is 290 g/mol. The fraction of sp³-hybridized carbons (Fsp3) is 0.375. The van der Waals surface area contributed by atoms with Gasteiger partial charge in [-0.2, -0.15) is 0 Å². The van der Waals surface area contributed by atoms with E-state index in [0.717, 1.165) is 16.9 Å². The lowest BCUT2D eigenvalue weighted by molar-refractivity contribution is 0.144. The van der Waals surface area contributed by atoms with Crippen LogP contribution in [0.2, 0.25) is 5.02 Å². The molecule has 0 amide bonds. The number of hydrogen-bond acceptors (Lipinski definition) is 4. The average Bonchev–Trinajstić information content (AvgIpc) is 2.78. The summed E-state index contributed by atoms with van der Waals surface area (Å²) in [7, 11) is 1.58. The zero-order chi connectivity index (χ0) is 15.6. The molecule has 4 nitrogen and oxygen atoms in total. The molecule has 5 heteroatoms. The first-order valence-electron chi connectivity index (χ1n) is 6.76. The van der Waals surface area contributed by atoms with Gasteiger partial charge in [-0.3, -0.25) is 0 Å². The number of benzene rings is 1. The van der Waals surface area contributed by atoms with Crippen molar-refractivity contribution in [2.45, 2.75) is 25.9 Å². The van der Waals surface area contributed by atoms with E-state index in [1.165, 1.54) is 0 Å². The van der Waals surface area contributed by atoms with Gasteiger partial charge in [-0.25, -0.2) is 0 Å². The molecule has 0 saturated carbocycles. The van der Waals surface area contributed by atoms with Crippen LogP contribution in [0.1, 0.15) is 34.7 Å². The normalized spacial score (nSPS) is 14.0. The van der Waals surface area contributed by atoms with Crippen molar-refractivity contribution in [3.05, 3.63) is 51.9 Å². The van der Waals surface area contributed by atoms with Gasteiger partial charge in [0.05, 0.1) is 13.2 Å². The topological polar surface area (TPSA) is 68.6 Å². The lowest BCUT2D eigenvalue weighted by atomic mass is 9.88. The highest BCUT2D eigenvalue weighted by Gasteiger charge is 2.27. The minimum Gasteiger partial charge on any atom is -0.496 e. The van der Waals surface area contributed by atoms with E-state index in [4.69, 9.17) is 26.5 Å². The van der Waals surface area contributed by atoms with E-state index in [2.05, 4.69) is 0 Å². The maximum atomic E-state index is 10.7. The zero-order valence-corrected chi connectivity index (χ0v) is 13.1. The fourth-order valence-corrected chi connectivity index (χ4v) is 2.76. The second kappa shape index (κ2) is 6.52. The number of aryl methyl sites for hydroxylation is 2. The molecule has 0 spiro atoms. The summed E-state index contributed by atoms with van der Waals surface area (Å²) in [4.78, 5) is 0. The van der Waals surface area contributed by atoms with Crippen LogP contribution in [-0.2, 0) is 0 Å². The van der Waals surface area contributed by atoms with Gasteiger partial charge in [0, 0.05) is 28.6 Å². The predicted octanol–water partition coefficient (Wildman–Crippen LogP) is 3.33. The van der Waals surface area contributed by atoms with Gasteiger partial charge < -0.3 is 20.0 Å². The van der Waals surface area contributed by atoms with Crippen molar-refractivity contribution in [1.29, 1.82) is 0 Å². The van der Waals surface area contributed by atoms with Crippen LogP contribution in [-0.4, -0.2) is 18.8 Å². The standard InChI is InChI=1S/C16H20ClNO3/c1-9-6-12(10(2)21-9)16(19)14(8-18)13-7-11(17)4-5-15(13)20-3/h4-7,14,16,19H,8,18H2,1-3H3. The van der Waals surface area contributed by atoms with Gasteiger partial charge in [-0.15, -0.1) is 0 Å². The van der Waals surface area contributed by atoms with Crippen molar-refractivity contribution in [3.8, 4) is 5.75 Å². The molecule has 0 saturated heterocycles. The number of halogens is 1. The zero-order valence-electron chi connectivity index (χ0n) is 12.4. The Morgan fingerprint density at radius 3 is 2.52 bits per heavy atom. The summed E-state index contributed by atoms with van der Waals surface area (Å²) >= 11 is 6.06. The second-order valence-corrected chi connectivity index (χ2v) is 5.48. The first kappa shape index (κ1) is 15.9. The van der Waals surface area contributed by atoms with E-state index < -0.39 is 6.10 Å². The van der Waals surface area contributed by atoms with E-state index in [1.807, 2.05) is 19.9 Å². The van der Waals surface area contributed by atoms with Gasteiger partial charge in [-0.1, -0.05) is 11.6 Å². The smallest absolute Gasteiger partial charge is 0.122 e. The number of nitrogens with two attached hydrogens (primary N) is 1. The van der Waals surface area contributed by atoms with Crippen LogP contribution >= 0.6 is 11.6 Å². The molecule has 1 heterocycles. The molecular formula is C16H20ClNO3. The molecule has 0 aliphatic rings. The molecule has 1 aromatic carbocycles. The lowest BCUT2D eigenvalue weighted by Crippen LogP contribution is -2.21. The van der Waals surface area contributed by atoms with Crippen molar-refractivity contribution in [2.75, 3.05) is 13.7 Å². The van der Waals surface area contributed by atoms with Crippen LogP contribution in [0.25, 0.3) is 0 Å². The summed E-state index contributed by atoms with van der Waals surface area (Å²) in [6.45, 7) is 3.94. The minimum absolute atomic E-state index is 0.265. The fourth-order valence-electron chi connectivity index (χ4n) is 2.58. The monoisotopic (exact) mass is 309 g/mol. The molecule has 2 unspecified atom stereocenters. The van der Waals surface area contributed by atoms with E-state index in [9.17, 15) is 5.11 Å². The van der Waals surface area contributed by atoms with Crippen molar-refractivity contribution in [3.63, 3.8) is 0 Å². The summed E-state index contributed by atoms with van der Waals surface area (Å²) in [5, 5.41) is 11.3. The number of rotatable bonds is 5. The summed E-state index contributed by atoms with van der Waals surface area (Å²) < 4.78 is 10.8. The van der Waals surface area contributed by atoms with E-state index in [-0.39, 0.29) is 12.5 Å². The van der Waals surface area contributed by atoms with Gasteiger partial charge >= 0.3 is 0 Å². The predicted molar refractivity (Wildman–Crippen MR) is 82.9 cm³/mol. The maximum Gasteiger partial charge on any atom is 0.122 e. The minimum atomic E-state index is -0.778. The Kier molecular flexibility index (Phi) is 4.93. The second-order valence-electron chi connectivity index (χ2n) is 5.04. The molecule has 0 aliphatic heterocycles. The first-order chi connectivity index (χ1) is 9.97. The number of aliphatic hydroxyl groups excluding tert-OH is 1. The Morgan fingerprint density at radius 2 is 2.00 bits per heavy atom. The van der Waals surface area contributed by atoms with Gasteiger partial charge in [0.15, 0.2) is 0 Å². The van der Waals surface area contributed by atoms with Gasteiger partial charge in [0.25, 0.3) is 0 Å². The molecule has 0 fully saturated rings. The molecule has 0 aliphatic carbocycles. The Bertz CT molecular complexity index is 624. The Morgan fingerprint density at radius 1 is 1.29 bits per heavy atom. The van der Waals surface area contributed by atoms with Crippen molar-refractivity contribution in [2.24, 2.45) is 5.73 Å². The quantitative estimate of drug-likeness (QED) is 0.889. The molecule has 0 radical (unpaired) electrons. The van der Waals surface area contributed by atoms with Crippen LogP contribution in [0, 0.1) is 13.8 Å².